The van der Waals surface area contributed by atoms with Crippen LogP contribution in [0.4, 0.5) is 17.6 Å². The van der Waals surface area contributed by atoms with Crippen LogP contribution in [-0.2, 0) is 0 Å². The van der Waals surface area contributed by atoms with Crippen molar-refractivity contribution in [2.75, 3.05) is 50.1 Å². The van der Waals surface area contributed by atoms with Crippen LogP contribution in [0.15, 0.2) is 29.9 Å². The van der Waals surface area contributed by atoms with Crippen molar-refractivity contribution in [3.63, 3.8) is 0 Å². The van der Waals surface area contributed by atoms with Gasteiger partial charge in [0.2, 0.25) is 11.9 Å². The summed E-state index contributed by atoms with van der Waals surface area (Å²) in [6, 6.07) is 0.0554. The van der Waals surface area contributed by atoms with Crippen molar-refractivity contribution in [1.82, 2.24) is 24.8 Å². The van der Waals surface area contributed by atoms with Gasteiger partial charge in [-0.2, -0.15) is 0 Å². The minimum absolute atomic E-state index is 0.0554. The van der Waals surface area contributed by atoms with Gasteiger partial charge in [-0.15, -0.1) is 0 Å². The summed E-state index contributed by atoms with van der Waals surface area (Å²) < 4.78 is 0. The Morgan fingerprint density at radius 3 is 2.43 bits per heavy atom. The third-order valence-electron chi connectivity index (χ3n) is 4.27. The summed E-state index contributed by atoms with van der Waals surface area (Å²) in [4.78, 5) is 37.0. The molecule has 0 unspecified atom stereocenters. The number of carbonyl (C=O) groups is 1. The highest BCUT2D eigenvalue weighted by atomic mass is 16.4. The van der Waals surface area contributed by atoms with Crippen LogP contribution >= 0.6 is 0 Å². The van der Waals surface area contributed by atoms with Gasteiger partial charge in [0.15, 0.2) is 0 Å². The molecule has 2 aromatic rings. The normalized spacial score (nSPS) is 16.8. The molecule has 1 atom stereocenters. The van der Waals surface area contributed by atoms with E-state index >= 15 is 0 Å². The molecule has 0 aromatic carbocycles. The lowest BCUT2D eigenvalue weighted by atomic mass is 10.1. The minimum atomic E-state index is -1.05. The Hall–Kier alpha value is -3.50. The van der Waals surface area contributed by atoms with Gasteiger partial charge in [0, 0.05) is 55.9 Å². The monoisotopic (exact) mass is 384 g/mol. The van der Waals surface area contributed by atoms with E-state index in [1.165, 1.54) is 24.8 Å². The van der Waals surface area contributed by atoms with Crippen LogP contribution in [-0.4, -0.2) is 82.2 Å². The number of azide groups is 1. The SMILES string of the molecule is CN(C)C[C@H]1CN(c2ncc(N=[N+]=[N-])cn2)CCN1c1ncc(C(=O)O)cn1. The van der Waals surface area contributed by atoms with Crippen LogP contribution in [0.5, 0.6) is 0 Å². The van der Waals surface area contributed by atoms with Crippen LogP contribution < -0.4 is 9.80 Å². The molecule has 2 aromatic heterocycles. The predicted molar refractivity (Wildman–Crippen MR) is 102 cm³/mol. The highest BCUT2D eigenvalue weighted by Gasteiger charge is 2.30. The van der Waals surface area contributed by atoms with Gasteiger partial charge in [-0.3, -0.25) is 0 Å². The van der Waals surface area contributed by atoms with Crippen molar-refractivity contribution in [1.29, 1.82) is 0 Å². The first-order valence-corrected chi connectivity index (χ1v) is 8.56. The van der Waals surface area contributed by atoms with Crippen molar-refractivity contribution in [3.05, 3.63) is 40.8 Å². The molecule has 1 aliphatic rings. The molecule has 1 aliphatic heterocycles. The first kappa shape index (κ1) is 19.3. The molecule has 12 heteroatoms. The van der Waals surface area contributed by atoms with E-state index in [0.29, 0.717) is 37.2 Å². The first-order valence-electron chi connectivity index (χ1n) is 8.56. The number of carboxylic acids is 1. The molecular formula is C16H20N10O2. The molecule has 0 radical (unpaired) electrons. The number of hydrogen-bond acceptors (Lipinski definition) is 9. The molecule has 1 N–H and O–H groups in total. The quantitative estimate of drug-likeness (QED) is 0.440. The van der Waals surface area contributed by atoms with Crippen LogP contribution in [0.3, 0.4) is 0 Å². The van der Waals surface area contributed by atoms with Gasteiger partial charge in [0.05, 0.1) is 17.3 Å². The summed E-state index contributed by atoms with van der Waals surface area (Å²) in [5.41, 5.74) is 8.90. The van der Waals surface area contributed by atoms with E-state index in [9.17, 15) is 4.79 Å². The highest BCUT2D eigenvalue weighted by molar-refractivity contribution is 5.86. The molecule has 0 aliphatic carbocycles. The number of aromatic carboxylic acids is 1. The number of anilines is 2. The van der Waals surface area contributed by atoms with Crippen LogP contribution in [0.2, 0.25) is 0 Å². The van der Waals surface area contributed by atoms with Crippen molar-refractivity contribution < 1.29 is 9.90 Å². The zero-order valence-electron chi connectivity index (χ0n) is 15.5. The number of aromatic nitrogens is 4. The maximum atomic E-state index is 11.0. The largest absolute Gasteiger partial charge is 0.478 e. The Kier molecular flexibility index (Phi) is 5.82. The molecular weight excluding hydrogens is 364 g/mol. The van der Waals surface area contributed by atoms with Gasteiger partial charge in [-0.05, 0) is 19.6 Å². The molecule has 3 rings (SSSR count). The summed E-state index contributed by atoms with van der Waals surface area (Å²) in [6.45, 7) is 2.67. The Bertz CT molecular complexity index is 864. The average molecular weight is 384 g/mol. The summed E-state index contributed by atoms with van der Waals surface area (Å²) >= 11 is 0. The van der Waals surface area contributed by atoms with Crippen molar-refractivity contribution in [3.8, 4) is 0 Å². The molecule has 3 heterocycles. The van der Waals surface area contributed by atoms with E-state index in [-0.39, 0.29) is 11.6 Å². The number of piperazine rings is 1. The molecule has 146 valence electrons. The molecule has 0 saturated carbocycles. The zero-order chi connectivity index (χ0) is 20.1. The average Bonchev–Trinajstić information content (AvgIpc) is 2.68. The van der Waals surface area contributed by atoms with Gasteiger partial charge in [-0.25, -0.2) is 24.7 Å². The fourth-order valence-corrected chi connectivity index (χ4v) is 3.04. The van der Waals surface area contributed by atoms with Gasteiger partial charge < -0.3 is 19.8 Å². The predicted octanol–water partition coefficient (Wildman–Crippen LogP) is 1.16. The Morgan fingerprint density at radius 2 is 1.86 bits per heavy atom. The van der Waals surface area contributed by atoms with E-state index < -0.39 is 5.97 Å². The molecule has 1 fully saturated rings. The maximum absolute atomic E-state index is 11.0. The van der Waals surface area contributed by atoms with Gasteiger partial charge in [-0.1, -0.05) is 5.11 Å². The Balaban J connectivity index is 1.79. The third kappa shape index (κ3) is 4.42. The fraction of sp³-hybridized carbons (Fsp3) is 0.438. The maximum Gasteiger partial charge on any atom is 0.338 e. The summed E-state index contributed by atoms with van der Waals surface area (Å²) in [5, 5.41) is 12.5. The van der Waals surface area contributed by atoms with E-state index in [2.05, 4.69) is 44.7 Å². The van der Waals surface area contributed by atoms with E-state index in [1.54, 1.807) is 0 Å². The molecule has 0 spiro atoms. The van der Waals surface area contributed by atoms with E-state index in [1.807, 2.05) is 14.1 Å². The van der Waals surface area contributed by atoms with Gasteiger partial charge >= 0.3 is 5.97 Å². The molecule has 0 amide bonds. The summed E-state index contributed by atoms with van der Waals surface area (Å²) in [5.74, 6) is 0.00102. The summed E-state index contributed by atoms with van der Waals surface area (Å²) in [7, 11) is 3.97. The number of carboxylic acid groups (broad SMARTS) is 1. The molecule has 0 bridgehead atoms. The fourth-order valence-electron chi connectivity index (χ4n) is 3.04. The smallest absolute Gasteiger partial charge is 0.338 e. The minimum Gasteiger partial charge on any atom is -0.478 e. The topological polar surface area (TPSA) is 147 Å². The molecule has 1 saturated heterocycles. The second-order valence-electron chi connectivity index (χ2n) is 6.56. The number of hydrogen-bond donors (Lipinski definition) is 1. The lowest BCUT2D eigenvalue weighted by Gasteiger charge is -2.42. The number of likely N-dealkylation sites (N-methyl/N-ethyl adjacent to an activating group) is 1. The third-order valence-corrected chi connectivity index (χ3v) is 4.27. The highest BCUT2D eigenvalue weighted by Crippen LogP contribution is 2.21. The van der Waals surface area contributed by atoms with Crippen LogP contribution in [0.1, 0.15) is 10.4 Å². The summed E-state index contributed by atoms with van der Waals surface area (Å²) in [6.07, 6.45) is 5.62. The first-order chi connectivity index (χ1) is 13.5. The van der Waals surface area contributed by atoms with E-state index in [0.717, 1.165) is 6.54 Å². The number of nitrogens with zero attached hydrogens (tertiary/aromatic N) is 10. The molecule has 28 heavy (non-hydrogen) atoms. The van der Waals surface area contributed by atoms with Crippen molar-refractivity contribution in [2.24, 2.45) is 5.11 Å². The second-order valence-corrected chi connectivity index (χ2v) is 6.56. The lowest BCUT2D eigenvalue weighted by Crippen LogP contribution is -2.57. The van der Waals surface area contributed by atoms with Crippen molar-refractivity contribution >= 4 is 23.6 Å². The van der Waals surface area contributed by atoms with Gasteiger partial charge in [0.25, 0.3) is 0 Å². The zero-order valence-corrected chi connectivity index (χ0v) is 15.5. The number of rotatable bonds is 6. The van der Waals surface area contributed by atoms with Gasteiger partial charge in [0.1, 0.15) is 0 Å². The Labute approximate surface area is 161 Å². The molecule has 12 nitrogen and oxygen atoms in total. The van der Waals surface area contributed by atoms with E-state index in [4.69, 9.17) is 10.6 Å². The second kappa shape index (κ2) is 8.46. The van der Waals surface area contributed by atoms with Crippen molar-refractivity contribution in [2.45, 2.75) is 6.04 Å². The van der Waals surface area contributed by atoms with Crippen LogP contribution in [0, 0.1) is 0 Å². The van der Waals surface area contributed by atoms with Crippen LogP contribution in [0.25, 0.3) is 10.4 Å². The Morgan fingerprint density at radius 1 is 1.21 bits per heavy atom. The lowest BCUT2D eigenvalue weighted by molar-refractivity contribution is 0.0696. The standard InChI is InChI=1S/C16H20N10O2/c1-24(2)9-13-10-25(15-20-7-12(8-21-15)22-23-17)3-4-26(13)16-18-5-11(6-19-16)14(27)28/h5-8,13H,3-4,9-10H2,1-2H3,(H,27,28)/t13-/m0/s1.